The highest BCUT2D eigenvalue weighted by Gasteiger charge is 2.16. The highest BCUT2D eigenvalue weighted by atomic mass is 19.1. The lowest BCUT2D eigenvalue weighted by molar-refractivity contribution is 0.102. The number of anilines is 1. The minimum atomic E-state index is -0.489. The molecule has 0 bridgehead atoms. The van der Waals surface area contributed by atoms with Crippen molar-refractivity contribution in [2.45, 2.75) is 20.4 Å². The van der Waals surface area contributed by atoms with E-state index in [0.29, 0.717) is 28.6 Å². The fourth-order valence-corrected chi connectivity index (χ4v) is 2.48. The Morgan fingerprint density at radius 2 is 1.92 bits per heavy atom. The van der Waals surface area contributed by atoms with Gasteiger partial charge in [0, 0.05) is 17.6 Å². The first-order chi connectivity index (χ1) is 11.5. The van der Waals surface area contributed by atoms with Gasteiger partial charge in [-0.05, 0) is 37.6 Å². The van der Waals surface area contributed by atoms with E-state index in [9.17, 15) is 14.0 Å². The highest BCUT2D eigenvalue weighted by molar-refractivity contribution is 6.11. The molecule has 2 aromatic carbocycles. The van der Waals surface area contributed by atoms with Gasteiger partial charge >= 0.3 is 0 Å². The van der Waals surface area contributed by atoms with E-state index in [4.69, 9.17) is 0 Å². The Labute approximate surface area is 137 Å². The van der Waals surface area contributed by atoms with E-state index in [2.05, 4.69) is 10.4 Å². The molecule has 0 aliphatic rings. The van der Waals surface area contributed by atoms with Crippen molar-refractivity contribution < 1.29 is 9.18 Å². The lowest BCUT2D eigenvalue weighted by Crippen LogP contribution is -2.27. The van der Waals surface area contributed by atoms with E-state index in [1.54, 1.807) is 50.2 Å². The molecule has 1 N–H and O–H groups in total. The normalized spacial score (nSPS) is 10.8. The van der Waals surface area contributed by atoms with E-state index in [1.165, 1.54) is 10.7 Å². The molecule has 1 amide bonds. The van der Waals surface area contributed by atoms with Crippen LogP contribution in [0, 0.1) is 12.7 Å². The van der Waals surface area contributed by atoms with Crippen LogP contribution in [0.1, 0.15) is 23.0 Å². The Kier molecular flexibility index (Phi) is 4.12. The molecule has 5 nitrogen and oxygen atoms in total. The monoisotopic (exact) mass is 325 g/mol. The molecule has 0 radical (unpaired) electrons. The maximum Gasteiger partial charge on any atom is 0.276 e. The summed E-state index contributed by atoms with van der Waals surface area (Å²) in [5, 5.41) is 7.68. The standard InChI is InChI=1S/C18H16FN3O2/c1-3-22-18(24)14-7-5-4-6-13(14)16(21-22)17(23)20-12-9-8-11(2)15(19)10-12/h4-10H,3H2,1-2H3,(H,20,23). The fraction of sp³-hybridized carbons (Fsp3) is 0.167. The van der Waals surface area contributed by atoms with Gasteiger partial charge in [0.2, 0.25) is 0 Å². The van der Waals surface area contributed by atoms with Crippen molar-refractivity contribution in [1.29, 1.82) is 0 Å². The van der Waals surface area contributed by atoms with Crippen molar-refractivity contribution >= 4 is 22.4 Å². The van der Waals surface area contributed by atoms with Gasteiger partial charge in [0.15, 0.2) is 5.69 Å². The van der Waals surface area contributed by atoms with E-state index in [-0.39, 0.29) is 11.3 Å². The van der Waals surface area contributed by atoms with Crippen LogP contribution < -0.4 is 10.9 Å². The second-order valence-corrected chi connectivity index (χ2v) is 5.43. The Bertz CT molecular complexity index is 995. The smallest absolute Gasteiger partial charge is 0.276 e. The number of halogens is 1. The summed E-state index contributed by atoms with van der Waals surface area (Å²) in [6, 6.07) is 11.3. The van der Waals surface area contributed by atoms with Gasteiger partial charge in [-0.2, -0.15) is 5.10 Å². The molecule has 122 valence electrons. The Hall–Kier alpha value is -3.02. The number of fused-ring (bicyclic) bond motifs is 1. The molecule has 6 heteroatoms. The Morgan fingerprint density at radius 1 is 1.21 bits per heavy atom. The number of nitrogens with one attached hydrogen (secondary N) is 1. The van der Waals surface area contributed by atoms with Gasteiger partial charge < -0.3 is 5.32 Å². The molecule has 0 aliphatic heterocycles. The van der Waals surface area contributed by atoms with E-state index in [1.807, 2.05) is 0 Å². The molecule has 0 atom stereocenters. The lowest BCUT2D eigenvalue weighted by Gasteiger charge is -2.10. The predicted octanol–water partition coefficient (Wildman–Crippen LogP) is 3.12. The summed E-state index contributed by atoms with van der Waals surface area (Å²) in [6.07, 6.45) is 0. The van der Waals surface area contributed by atoms with Gasteiger partial charge in [0.25, 0.3) is 11.5 Å². The van der Waals surface area contributed by atoms with Crippen molar-refractivity contribution in [2.24, 2.45) is 0 Å². The summed E-state index contributed by atoms with van der Waals surface area (Å²) in [5.41, 5.74) is 0.721. The zero-order chi connectivity index (χ0) is 17.3. The van der Waals surface area contributed by atoms with E-state index in [0.717, 1.165) is 0 Å². The quantitative estimate of drug-likeness (QED) is 0.805. The number of hydrogen-bond donors (Lipinski definition) is 1. The highest BCUT2D eigenvalue weighted by Crippen LogP contribution is 2.17. The molecule has 1 heterocycles. The molecule has 3 rings (SSSR count). The number of rotatable bonds is 3. The summed E-state index contributed by atoms with van der Waals surface area (Å²) in [5.74, 6) is -0.888. The van der Waals surface area contributed by atoms with Crippen LogP contribution in [-0.4, -0.2) is 15.7 Å². The zero-order valence-electron chi connectivity index (χ0n) is 13.3. The van der Waals surface area contributed by atoms with Crippen molar-refractivity contribution in [3.05, 3.63) is 69.9 Å². The van der Waals surface area contributed by atoms with E-state index >= 15 is 0 Å². The summed E-state index contributed by atoms with van der Waals surface area (Å²) >= 11 is 0. The molecule has 3 aromatic rings. The van der Waals surface area contributed by atoms with Crippen LogP contribution >= 0.6 is 0 Å². The van der Waals surface area contributed by atoms with Crippen molar-refractivity contribution in [1.82, 2.24) is 9.78 Å². The van der Waals surface area contributed by atoms with Gasteiger partial charge in [-0.15, -0.1) is 0 Å². The molecule has 0 unspecified atom stereocenters. The average Bonchev–Trinajstić information content (AvgIpc) is 2.58. The lowest BCUT2D eigenvalue weighted by atomic mass is 10.1. The average molecular weight is 325 g/mol. The molecule has 0 fully saturated rings. The molecule has 1 aromatic heterocycles. The second kappa shape index (κ2) is 6.23. The van der Waals surface area contributed by atoms with Gasteiger partial charge in [0.05, 0.1) is 5.39 Å². The maximum absolute atomic E-state index is 13.6. The largest absolute Gasteiger partial charge is 0.320 e. The SMILES string of the molecule is CCn1nc(C(=O)Nc2ccc(C)c(F)c2)c2ccccc2c1=O. The molecule has 0 saturated carbocycles. The van der Waals surface area contributed by atoms with Crippen molar-refractivity contribution in [3.8, 4) is 0 Å². The van der Waals surface area contributed by atoms with Crippen molar-refractivity contribution in [2.75, 3.05) is 5.32 Å². The minimum Gasteiger partial charge on any atom is -0.320 e. The Balaban J connectivity index is 2.08. The van der Waals surface area contributed by atoms with Gasteiger partial charge in [-0.3, -0.25) is 9.59 Å². The number of nitrogens with zero attached hydrogens (tertiary/aromatic N) is 2. The number of hydrogen-bond acceptors (Lipinski definition) is 3. The summed E-state index contributed by atoms with van der Waals surface area (Å²) in [4.78, 5) is 24.9. The first-order valence-corrected chi connectivity index (χ1v) is 7.58. The first-order valence-electron chi connectivity index (χ1n) is 7.58. The van der Waals surface area contributed by atoms with E-state index < -0.39 is 11.7 Å². The number of amides is 1. The third-order valence-corrected chi connectivity index (χ3v) is 3.81. The zero-order valence-corrected chi connectivity index (χ0v) is 13.3. The van der Waals surface area contributed by atoms with Crippen LogP contribution in [0.2, 0.25) is 0 Å². The molecule has 0 saturated heterocycles. The number of benzene rings is 2. The van der Waals surface area contributed by atoms with Crippen LogP contribution in [0.5, 0.6) is 0 Å². The van der Waals surface area contributed by atoms with Gasteiger partial charge in [-0.1, -0.05) is 24.3 Å². The predicted molar refractivity (Wildman–Crippen MR) is 90.8 cm³/mol. The third-order valence-electron chi connectivity index (χ3n) is 3.81. The number of carbonyl (C=O) groups is 1. The van der Waals surface area contributed by atoms with Crippen LogP contribution in [0.25, 0.3) is 10.8 Å². The third kappa shape index (κ3) is 2.78. The summed E-state index contributed by atoms with van der Waals surface area (Å²) in [7, 11) is 0. The van der Waals surface area contributed by atoms with Crippen LogP contribution in [0.4, 0.5) is 10.1 Å². The van der Waals surface area contributed by atoms with Gasteiger partial charge in [0.1, 0.15) is 5.82 Å². The summed E-state index contributed by atoms with van der Waals surface area (Å²) < 4.78 is 14.9. The van der Waals surface area contributed by atoms with Crippen LogP contribution in [0.3, 0.4) is 0 Å². The molecule has 0 spiro atoms. The second-order valence-electron chi connectivity index (χ2n) is 5.43. The number of aromatic nitrogens is 2. The van der Waals surface area contributed by atoms with Crippen molar-refractivity contribution in [3.63, 3.8) is 0 Å². The molecular weight excluding hydrogens is 309 g/mol. The molecular formula is C18H16FN3O2. The van der Waals surface area contributed by atoms with Crippen LogP contribution in [-0.2, 0) is 6.54 Å². The fourth-order valence-electron chi connectivity index (χ4n) is 2.48. The minimum absolute atomic E-state index is 0.132. The first kappa shape index (κ1) is 15.9. The maximum atomic E-state index is 13.6. The van der Waals surface area contributed by atoms with Gasteiger partial charge in [-0.25, -0.2) is 9.07 Å². The number of aryl methyl sites for hydroxylation is 2. The van der Waals surface area contributed by atoms with Crippen LogP contribution in [0.15, 0.2) is 47.3 Å². The molecule has 24 heavy (non-hydrogen) atoms. The Morgan fingerprint density at radius 3 is 2.58 bits per heavy atom. The topological polar surface area (TPSA) is 64.0 Å². The molecule has 0 aliphatic carbocycles. The number of carbonyl (C=O) groups excluding carboxylic acids is 1. The summed E-state index contributed by atoms with van der Waals surface area (Å²) in [6.45, 7) is 3.77.